The average molecular weight is 289 g/mol. The summed E-state index contributed by atoms with van der Waals surface area (Å²) in [5.41, 5.74) is 1.31. The second-order valence-electron chi connectivity index (χ2n) is 5.04. The molecular weight excluding hydrogens is 270 g/mol. The molecule has 0 atom stereocenters. The van der Waals surface area contributed by atoms with Crippen molar-refractivity contribution >= 4 is 11.8 Å². The Bertz CT molecular complexity index is 549. The van der Waals surface area contributed by atoms with E-state index in [0.29, 0.717) is 5.92 Å². The summed E-state index contributed by atoms with van der Waals surface area (Å²) in [5.74, 6) is 2.92. The summed E-state index contributed by atoms with van der Waals surface area (Å²) in [6, 6.07) is 8.63. The zero-order chi connectivity index (χ0) is 13.8. The number of thioether (sulfide) groups is 1. The standard InChI is InChI=1S/C15H19N3OS/c1-2-16-9-11-3-7-13(8-4-11)20-10-14-17-15(19-18-14)12-5-6-12/h3-4,7-8,12,16H,2,5-6,9-10H2,1H3. The predicted molar refractivity (Wildman–Crippen MR) is 79.7 cm³/mol. The van der Waals surface area contributed by atoms with Crippen LogP contribution in [-0.4, -0.2) is 16.7 Å². The van der Waals surface area contributed by atoms with Crippen LogP contribution in [0.1, 0.15) is 43.0 Å². The van der Waals surface area contributed by atoms with Gasteiger partial charge in [-0.3, -0.25) is 0 Å². The van der Waals surface area contributed by atoms with Crippen molar-refractivity contribution in [3.05, 3.63) is 41.5 Å². The molecule has 5 heteroatoms. The van der Waals surface area contributed by atoms with Crippen molar-refractivity contribution in [2.45, 2.75) is 42.9 Å². The molecule has 0 amide bonds. The first-order chi connectivity index (χ1) is 9.85. The average Bonchev–Trinajstić information content (AvgIpc) is 3.23. The lowest BCUT2D eigenvalue weighted by molar-refractivity contribution is 0.375. The summed E-state index contributed by atoms with van der Waals surface area (Å²) in [5, 5.41) is 7.36. The van der Waals surface area contributed by atoms with Crippen LogP contribution in [0.25, 0.3) is 0 Å². The Balaban J connectivity index is 1.51. The Morgan fingerprint density at radius 3 is 2.80 bits per heavy atom. The first-order valence-corrected chi connectivity index (χ1v) is 8.08. The van der Waals surface area contributed by atoms with Crippen LogP contribution in [0.5, 0.6) is 0 Å². The third-order valence-corrected chi connectivity index (χ3v) is 4.29. The molecule has 106 valence electrons. The van der Waals surface area contributed by atoms with Crippen LogP contribution in [0.15, 0.2) is 33.7 Å². The van der Waals surface area contributed by atoms with E-state index in [1.165, 1.54) is 23.3 Å². The van der Waals surface area contributed by atoms with E-state index in [0.717, 1.165) is 30.6 Å². The Morgan fingerprint density at radius 2 is 2.10 bits per heavy atom. The third kappa shape index (κ3) is 3.61. The van der Waals surface area contributed by atoms with Crippen LogP contribution < -0.4 is 5.32 Å². The molecule has 0 radical (unpaired) electrons. The van der Waals surface area contributed by atoms with Crippen LogP contribution in [0.2, 0.25) is 0 Å². The van der Waals surface area contributed by atoms with Gasteiger partial charge in [0.1, 0.15) is 0 Å². The lowest BCUT2D eigenvalue weighted by Gasteiger charge is -2.03. The molecule has 1 saturated carbocycles. The monoisotopic (exact) mass is 289 g/mol. The molecule has 0 spiro atoms. The molecule has 1 aromatic carbocycles. The normalized spacial score (nSPS) is 14.7. The number of rotatable bonds is 7. The van der Waals surface area contributed by atoms with Gasteiger partial charge in [-0.15, -0.1) is 11.8 Å². The van der Waals surface area contributed by atoms with Gasteiger partial charge in [0.25, 0.3) is 0 Å². The van der Waals surface area contributed by atoms with E-state index in [1.54, 1.807) is 11.8 Å². The molecule has 1 heterocycles. The van der Waals surface area contributed by atoms with Gasteiger partial charge < -0.3 is 9.84 Å². The van der Waals surface area contributed by atoms with Crippen molar-refractivity contribution in [2.75, 3.05) is 6.54 Å². The van der Waals surface area contributed by atoms with E-state index in [4.69, 9.17) is 4.52 Å². The Morgan fingerprint density at radius 1 is 1.30 bits per heavy atom. The van der Waals surface area contributed by atoms with E-state index in [2.05, 4.69) is 46.6 Å². The fourth-order valence-electron chi connectivity index (χ4n) is 1.94. The zero-order valence-corrected chi connectivity index (χ0v) is 12.4. The van der Waals surface area contributed by atoms with Gasteiger partial charge in [0.2, 0.25) is 5.89 Å². The highest BCUT2D eigenvalue weighted by Crippen LogP contribution is 2.39. The minimum atomic E-state index is 0.534. The molecule has 0 unspecified atom stereocenters. The summed E-state index contributed by atoms with van der Waals surface area (Å²) in [7, 11) is 0. The van der Waals surface area contributed by atoms with Crippen molar-refractivity contribution in [1.29, 1.82) is 0 Å². The van der Waals surface area contributed by atoms with E-state index in [-0.39, 0.29) is 0 Å². The molecule has 0 aliphatic heterocycles. The van der Waals surface area contributed by atoms with Crippen LogP contribution in [0, 0.1) is 0 Å². The fourth-order valence-corrected chi connectivity index (χ4v) is 2.68. The summed E-state index contributed by atoms with van der Waals surface area (Å²) in [4.78, 5) is 5.68. The molecule has 1 fully saturated rings. The van der Waals surface area contributed by atoms with Crippen LogP contribution in [-0.2, 0) is 12.3 Å². The van der Waals surface area contributed by atoms with Gasteiger partial charge >= 0.3 is 0 Å². The highest BCUT2D eigenvalue weighted by Gasteiger charge is 2.29. The highest BCUT2D eigenvalue weighted by molar-refractivity contribution is 7.98. The van der Waals surface area contributed by atoms with Crippen molar-refractivity contribution in [1.82, 2.24) is 15.5 Å². The first kappa shape index (κ1) is 13.6. The van der Waals surface area contributed by atoms with E-state index in [9.17, 15) is 0 Å². The molecule has 1 aliphatic carbocycles. The lowest BCUT2D eigenvalue weighted by Crippen LogP contribution is -2.11. The van der Waals surface area contributed by atoms with E-state index >= 15 is 0 Å². The molecule has 1 aromatic heterocycles. The topological polar surface area (TPSA) is 51.0 Å². The van der Waals surface area contributed by atoms with Crippen molar-refractivity contribution in [3.63, 3.8) is 0 Å². The number of nitrogens with one attached hydrogen (secondary N) is 1. The molecule has 2 aromatic rings. The minimum absolute atomic E-state index is 0.534. The van der Waals surface area contributed by atoms with Crippen molar-refractivity contribution < 1.29 is 4.52 Å². The van der Waals surface area contributed by atoms with Crippen molar-refractivity contribution in [3.8, 4) is 0 Å². The molecule has 0 bridgehead atoms. The van der Waals surface area contributed by atoms with Gasteiger partial charge in [-0.05, 0) is 37.1 Å². The van der Waals surface area contributed by atoms with Gasteiger partial charge in [0.05, 0.1) is 5.75 Å². The molecular formula is C15H19N3OS. The number of benzene rings is 1. The highest BCUT2D eigenvalue weighted by atomic mass is 32.2. The first-order valence-electron chi connectivity index (χ1n) is 7.10. The summed E-state index contributed by atoms with van der Waals surface area (Å²) >= 11 is 1.75. The van der Waals surface area contributed by atoms with Gasteiger partial charge in [0.15, 0.2) is 5.82 Å². The lowest BCUT2D eigenvalue weighted by atomic mass is 10.2. The molecule has 1 N–H and O–H groups in total. The third-order valence-electron chi connectivity index (χ3n) is 3.28. The molecule has 1 aliphatic rings. The van der Waals surface area contributed by atoms with Gasteiger partial charge in [-0.2, -0.15) is 4.98 Å². The predicted octanol–water partition coefficient (Wildman–Crippen LogP) is 3.35. The van der Waals surface area contributed by atoms with Gasteiger partial charge in [0, 0.05) is 17.4 Å². The maximum Gasteiger partial charge on any atom is 0.229 e. The quantitative estimate of drug-likeness (QED) is 0.792. The van der Waals surface area contributed by atoms with E-state index < -0.39 is 0 Å². The van der Waals surface area contributed by atoms with Gasteiger partial charge in [-0.1, -0.05) is 24.2 Å². The summed E-state index contributed by atoms with van der Waals surface area (Å²) in [6.07, 6.45) is 2.39. The maximum absolute atomic E-state index is 5.26. The van der Waals surface area contributed by atoms with Crippen LogP contribution in [0.3, 0.4) is 0 Å². The van der Waals surface area contributed by atoms with Crippen LogP contribution in [0.4, 0.5) is 0 Å². The number of nitrogens with zero attached hydrogens (tertiary/aromatic N) is 2. The molecule has 4 nitrogen and oxygen atoms in total. The Kier molecular flexibility index (Phi) is 4.38. The number of hydrogen-bond acceptors (Lipinski definition) is 5. The second kappa shape index (κ2) is 6.41. The summed E-state index contributed by atoms with van der Waals surface area (Å²) in [6.45, 7) is 4.04. The molecule has 3 rings (SSSR count). The molecule has 20 heavy (non-hydrogen) atoms. The number of hydrogen-bond donors (Lipinski definition) is 1. The second-order valence-corrected chi connectivity index (χ2v) is 6.08. The fraction of sp³-hybridized carbons (Fsp3) is 0.467. The van der Waals surface area contributed by atoms with Crippen LogP contribution >= 0.6 is 11.8 Å². The van der Waals surface area contributed by atoms with E-state index in [1.807, 2.05) is 0 Å². The smallest absolute Gasteiger partial charge is 0.229 e. The van der Waals surface area contributed by atoms with Crippen molar-refractivity contribution in [2.24, 2.45) is 0 Å². The largest absolute Gasteiger partial charge is 0.339 e. The zero-order valence-electron chi connectivity index (χ0n) is 11.6. The van der Waals surface area contributed by atoms with Gasteiger partial charge in [-0.25, -0.2) is 0 Å². The Labute approximate surface area is 123 Å². The maximum atomic E-state index is 5.26. The SMILES string of the molecule is CCNCc1ccc(SCc2noc(C3CC3)n2)cc1. The number of aromatic nitrogens is 2. The summed E-state index contributed by atoms with van der Waals surface area (Å²) < 4.78 is 5.26. The molecule has 0 saturated heterocycles. The minimum Gasteiger partial charge on any atom is -0.339 e. The Hall–Kier alpha value is -1.33.